The van der Waals surface area contributed by atoms with E-state index < -0.39 is 0 Å². The Labute approximate surface area is 110 Å². The van der Waals surface area contributed by atoms with Crippen LogP contribution in [0.3, 0.4) is 0 Å². The second kappa shape index (κ2) is 7.71. The third-order valence-corrected chi connectivity index (χ3v) is 3.58. The lowest BCUT2D eigenvalue weighted by Gasteiger charge is -2.37. The smallest absolute Gasteiger partial charge is 0.239 e. The Morgan fingerprint density at radius 2 is 2.17 bits per heavy atom. The zero-order chi connectivity index (χ0) is 13.5. The predicted octanol–water partition coefficient (Wildman–Crippen LogP) is 0.164. The van der Waals surface area contributed by atoms with Gasteiger partial charge < -0.3 is 15.0 Å². The molecule has 18 heavy (non-hydrogen) atoms. The van der Waals surface area contributed by atoms with E-state index in [9.17, 15) is 4.79 Å². The predicted molar refractivity (Wildman–Crippen MR) is 72.6 cm³/mol. The number of hydrogen-bond acceptors (Lipinski definition) is 4. The molecule has 1 fully saturated rings. The highest BCUT2D eigenvalue weighted by Crippen LogP contribution is 2.11. The van der Waals surface area contributed by atoms with Gasteiger partial charge in [-0.1, -0.05) is 0 Å². The Morgan fingerprint density at radius 1 is 1.50 bits per heavy atom. The minimum Gasteiger partial charge on any atom is -0.374 e. The van der Waals surface area contributed by atoms with Crippen LogP contribution in [0.5, 0.6) is 0 Å². The quantitative estimate of drug-likeness (QED) is 0.736. The number of carbonyl (C=O) groups excluding carboxylic acids is 1. The van der Waals surface area contributed by atoms with Crippen molar-refractivity contribution in [1.29, 1.82) is 0 Å². The van der Waals surface area contributed by atoms with Crippen LogP contribution in [0.25, 0.3) is 0 Å². The summed E-state index contributed by atoms with van der Waals surface area (Å²) in [5.74, 6) is 0.227. The summed E-state index contributed by atoms with van der Waals surface area (Å²) in [4.78, 5) is 16.4. The molecular weight excluding hydrogens is 230 g/mol. The van der Waals surface area contributed by atoms with Crippen LogP contribution >= 0.6 is 0 Å². The lowest BCUT2D eigenvalue weighted by Crippen LogP contribution is -2.54. The van der Waals surface area contributed by atoms with Crippen LogP contribution in [-0.4, -0.2) is 74.2 Å². The standard InChI is InChI=1S/C13H27N3O2/c1-5-15(6-2)13(17)11(3)16-7-8-18-12(10-16)9-14-4/h11-12,14H,5-10H2,1-4H3. The van der Waals surface area contributed by atoms with Crippen molar-refractivity contribution in [3.8, 4) is 0 Å². The molecule has 0 spiro atoms. The van der Waals surface area contributed by atoms with Gasteiger partial charge in [0.1, 0.15) is 0 Å². The van der Waals surface area contributed by atoms with Gasteiger partial charge in [-0.25, -0.2) is 0 Å². The molecule has 0 aliphatic carbocycles. The van der Waals surface area contributed by atoms with Crippen molar-refractivity contribution in [2.24, 2.45) is 0 Å². The van der Waals surface area contributed by atoms with Crippen LogP contribution in [0.2, 0.25) is 0 Å². The first-order chi connectivity index (χ1) is 8.63. The third-order valence-electron chi connectivity index (χ3n) is 3.58. The lowest BCUT2D eigenvalue weighted by atomic mass is 10.2. The molecule has 0 bridgehead atoms. The molecule has 2 unspecified atom stereocenters. The summed E-state index contributed by atoms with van der Waals surface area (Å²) < 4.78 is 5.66. The van der Waals surface area contributed by atoms with Gasteiger partial charge in [-0.2, -0.15) is 0 Å². The van der Waals surface area contributed by atoms with Crippen LogP contribution in [0.4, 0.5) is 0 Å². The zero-order valence-corrected chi connectivity index (χ0v) is 12.1. The Kier molecular flexibility index (Phi) is 6.60. The number of rotatable bonds is 6. The molecule has 1 N–H and O–H groups in total. The largest absolute Gasteiger partial charge is 0.374 e. The van der Waals surface area contributed by atoms with E-state index in [1.54, 1.807) is 0 Å². The topological polar surface area (TPSA) is 44.8 Å². The number of nitrogens with one attached hydrogen (secondary N) is 1. The van der Waals surface area contributed by atoms with E-state index in [0.29, 0.717) is 6.61 Å². The Bertz CT molecular complexity index is 255. The highest BCUT2D eigenvalue weighted by molar-refractivity contribution is 5.81. The molecule has 5 heteroatoms. The monoisotopic (exact) mass is 257 g/mol. The summed E-state index contributed by atoms with van der Waals surface area (Å²) in [7, 11) is 1.92. The molecule has 0 radical (unpaired) electrons. The van der Waals surface area contributed by atoms with Crippen molar-refractivity contribution < 1.29 is 9.53 Å². The van der Waals surface area contributed by atoms with Gasteiger partial charge in [0.05, 0.1) is 18.8 Å². The second-order valence-electron chi connectivity index (χ2n) is 4.73. The van der Waals surface area contributed by atoms with E-state index in [0.717, 1.165) is 32.7 Å². The molecule has 1 rings (SSSR count). The third kappa shape index (κ3) is 3.93. The van der Waals surface area contributed by atoms with Crippen molar-refractivity contribution in [2.75, 3.05) is 46.4 Å². The zero-order valence-electron chi connectivity index (χ0n) is 12.1. The van der Waals surface area contributed by atoms with Crippen LogP contribution < -0.4 is 5.32 Å². The van der Waals surface area contributed by atoms with Crippen LogP contribution in [0.15, 0.2) is 0 Å². The molecule has 1 saturated heterocycles. The SMILES string of the molecule is CCN(CC)C(=O)C(C)N1CCOC(CNC)C1. The van der Waals surface area contributed by atoms with E-state index in [1.807, 2.05) is 32.7 Å². The molecule has 0 aromatic heterocycles. The fourth-order valence-electron chi connectivity index (χ4n) is 2.40. The summed E-state index contributed by atoms with van der Waals surface area (Å²) in [6.07, 6.45) is 0.190. The van der Waals surface area contributed by atoms with Gasteiger partial charge in [0.25, 0.3) is 0 Å². The molecule has 5 nitrogen and oxygen atoms in total. The van der Waals surface area contributed by atoms with Crippen LogP contribution in [0, 0.1) is 0 Å². The van der Waals surface area contributed by atoms with Gasteiger partial charge in [0, 0.05) is 32.7 Å². The summed E-state index contributed by atoms with van der Waals surface area (Å²) in [5.41, 5.74) is 0. The van der Waals surface area contributed by atoms with Gasteiger partial charge >= 0.3 is 0 Å². The maximum Gasteiger partial charge on any atom is 0.239 e. The minimum absolute atomic E-state index is 0.0480. The van der Waals surface area contributed by atoms with Crippen molar-refractivity contribution in [1.82, 2.24) is 15.1 Å². The van der Waals surface area contributed by atoms with Crippen molar-refractivity contribution in [2.45, 2.75) is 32.9 Å². The van der Waals surface area contributed by atoms with Crippen molar-refractivity contribution in [3.63, 3.8) is 0 Å². The van der Waals surface area contributed by atoms with Crippen molar-refractivity contribution in [3.05, 3.63) is 0 Å². The molecule has 0 aromatic carbocycles. The number of likely N-dealkylation sites (N-methyl/N-ethyl adjacent to an activating group) is 2. The van der Waals surface area contributed by atoms with E-state index in [1.165, 1.54) is 0 Å². The van der Waals surface area contributed by atoms with Gasteiger partial charge in [0.2, 0.25) is 5.91 Å². The molecule has 2 atom stereocenters. The number of morpholine rings is 1. The van der Waals surface area contributed by atoms with Gasteiger partial charge in [0.15, 0.2) is 0 Å². The molecule has 1 aliphatic rings. The number of amides is 1. The summed E-state index contributed by atoms with van der Waals surface area (Å²) in [6, 6.07) is -0.0480. The van der Waals surface area contributed by atoms with E-state index >= 15 is 0 Å². The maximum absolute atomic E-state index is 12.3. The Balaban J connectivity index is 2.54. The molecule has 1 aliphatic heterocycles. The summed E-state index contributed by atoms with van der Waals surface area (Å²) in [6.45, 7) is 10.8. The molecular formula is C13H27N3O2. The second-order valence-corrected chi connectivity index (χ2v) is 4.73. The average Bonchev–Trinajstić information content (AvgIpc) is 2.40. The van der Waals surface area contributed by atoms with E-state index in [4.69, 9.17) is 4.74 Å². The fraction of sp³-hybridized carbons (Fsp3) is 0.923. The molecule has 106 valence electrons. The van der Waals surface area contributed by atoms with Crippen LogP contribution in [-0.2, 0) is 9.53 Å². The fourth-order valence-corrected chi connectivity index (χ4v) is 2.40. The van der Waals surface area contributed by atoms with Crippen LogP contribution in [0.1, 0.15) is 20.8 Å². The van der Waals surface area contributed by atoms with Gasteiger partial charge in [-0.15, -0.1) is 0 Å². The lowest BCUT2D eigenvalue weighted by molar-refractivity contribution is -0.139. The van der Waals surface area contributed by atoms with E-state index in [-0.39, 0.29) is 18.1 Å². The molecule has 0 saturated carbocycles. The number of carbonyl (C=O) groups is 1. The maximum atomic E-state index is 12.3. The Morgan fingerprint density at radius 3 is 2.72 bits per heavy atom. The summed E-state index contributed by atoms with van der Waals surface area (Å²) in [5, 5.41) is 3.12. The number of hydrogen-bond donors (Lipinski definition) is 1. The first kappa shape index (κ1) is 15.4. The first-order valence-electron chi connectivity index (χ1n) is 6.93. The highest BCUT2D eigenvalue weighted by Gasteiger charge is 2.29. The highest BCUT2D eigenvalue weighted by atomic mass is 16.5. The first-order valence-corrected chi connectivity index (χ1v) is 6.93. The van der Waals surface area contributed by atoms with Gasteiger partial charge in [-0.3, -0.25) is 9.69 Å². The minimum atomic E-state index is -0.0480. The van der Waals surface area contributed by atoms with E-state index in [2.05, 4.69) is 10.2 Å². The normalized spacial score (nSPS) is 22.8. The van der Waals surface area contributed by atoms with Crippen molar-refractivity contribution >= 4 is 5.91 Å². The number of ether oxygens (including phenoxy) is 1. The van der Waals surface area contributed by atoms with Gasteiger partial charge in [-0.05, 0) is 27.8 Å². The number of nitrogens with zero attached hydrogens (tertiary/aromatic N) is 2. The molecule has 1 heterocycles. The summed E-state index contributed by atoms with van der Waals surface area (Å²) >= 11 is 0. The Hall–Kier alpha value is -0.650. The molecule has 0 aromatic rings. The average molecular weight is 257 g/mol. The molecule has 1 amide bonds.